The molecule has 1 aliphatic carbocycles. The van der Waals surface area contributed by atoms with Crippen molar-refractivity contribution in [2.75, 3.05) is 6.54 Å². The van der Waals surface area contributed by atoms with Crippen LogP contribution in [0.4, 0.5) is 0 Å². The lowest BCUT2D eigenvalue weighted by Gasteiger charge is -2.25. The predicted molar refractivity (Wildman–Crippen MR) is 68.7 cm³/mol. The third-order valence-corrected chi connectivity index (χ3v) is 4.00. The Labute approximate surface area is 102 Å². The Bertz CT molecular complexity index is 317. The molecule has 2 unspecified atom stereocenters. The van der Waals surface area contributed by atoms with Gasteiger partial charge in [0.1, 0.15) is 0 Å². The van der Waals surface area contributed by atoms with Crippen molar-refractivity contribution in [2.45, 2.75) is 44.8 Å². The van der Waals surface area contributed by atoms with Crippen molar-refractivity contribution in [3.63, 3.8) is 0 Å². The number of thiophene rings is 1. The van der Waals surface area contributed by atoms with E-state index in [4.69, 9.17) is 0 Å². The van der Waals surface area contributed by atoms with E-state index in [2.05, 4.69) is 12.2 Å². The van der Waals surface area contributed by atoms with Crippen LogP contribution in [0.1, 0.15) is 38.7 Å². The van der Waals surface area contributed by atoms with Gasteiger partial charge < -0.3 is 10.4 Å². The van der Waals surface area contributed by atoms with Crippen molar-refractivity contribution in [3.05, 3.63) is 22.4 Å². The molecular formula is C13H21NOS. The van der Waals surface area contributed by atoms with Gasteiger partial charge in [-0.25, -0.2) is 0 Å². The normalized spacial score (nSPS) is 21.7. The molecule has 0 aliphatic heterocycles. The van der Waals surface area contributed by atoms with E-state index in [-0.39, 0.29) is 0 Å². The number of rotatable bonds is 6. The van der Waals surface area contributed by atoms with Crippen LogP contribution in [-0.2, 0) is 5.60 Å². The van der Waals surface area contributed by atoms with Gasteiger partial charge in [-0.05, 0) is 48.6 Å². The van der Waals surface area contributed by atoms with E-state index < -0.39 is 5.60 Å². The third-order valence-electron chi connectivity index (χ3n) is 3.32. The molecule has 1 heterocycles. The number of hydrogen-bond donors (Lipinski definition) is 2. The quantitative estimate of drug-likeness (QED) is 0.800. The van der Waals surface area contributed by atoms with E-state index in [1.54, 1.807) is 11.3 Å². The Balaban J connectivity index is 1.79. The molecule has 0 amide bonds. The zero-order valence-electron chi connectivity index (χ0n) is 10.1. The van der Waals surface area contributed by atoms with E-state index >= 15 is 0 Å². The summed E-state index contributed by atoms with van der Waals surface area (Å²) in [4.78, 5) is 0. The molecule has 2 nitrogen and oxygen atoms in total. The lowest BCUT2D eigenvalue weighted by atomic mass is 9.98. The van der Waals surface area contributed by atoms with Gasteiger partial charge in [0.15, 0.2) is 0 Å². The zero-order valence-corrected chi connectivity index (χ0v) is 10.9. The van der Waals surface area contributed by atoms with Crippen molar-refractivity contribution >= 4 is 11.3 Å². The molecule has 0 aromatic carbocycles. The van der Waals surface area contributed by atoms with Crippen molar-refractivity contribution in [3.8, 4) is 0 Å². The molecule has 90 valence electrons. The first-order chi connectivity index (χ1) is 7.58. The molecule has 0 saturated heterocycles. The summed E-state index contributed by atoms with van der Waals surface area (Å²) < 4.78 is 0. The van der Waals surface area contributed by atoms with Crippen LogP contribution >= 0.6 is 11.3 Å². The monoisotopic (exact) mass is 239 g/mol. The van der Waals surface area contributed by atoms with Gasteiger partial charge in [-0.2, -0.15) is 11.3 Å². The summed E-state index contributed by atoms with van der Waals surface area (Å²) in [5.41, 5.74) is 0.279. The van der Waals surface area contributed by atoms with E-state index in [0.717, 1.165) is 11.5 Å². The molecule has 1 fully saturated rings. The fourth-order valence-electron chi connectivity index (χ4n) is 1.98. The Morgan fingerprint density at radius 2 is 2.38 bits per heavy atom. The van der Waals surface area contributed by atoms with Crippen LogP contribution < -0.4 is 5.32 Å². The lowest BCUT2D eigenvalue weighted by Crippen LogP contribution is -2.39. The molecule has 1 saturated carbocycles. The van der Waals surface area contributed by atoms with Crippen LogP contribution in [0.15, 0.2) is 16.8 Å². The summed E-state index contributed by atoms with van der Waals surface area (Å²) in [6, 6.07) is 2.51. The van der Waals surface area contributed by atoms with Gasteiger partial charge >= 0.3 is 0 Å². The smallest absolute Gasteiger partial charge is 0.1000 e. The number of aliphatic hydroxyl groups is 1. The Hall–Kier alpha value is -0.380. The minimum atomic E-state index is -0.738. The van der Waals surface area contributed by atoms with E-state index in [9.17, 15) is 5.11 Å². The summed E-state index contributed by atoms with van der Waals surface area (Å²) in [5, 5.41) is 17.8. The molecule has 1 aromatic rings. The maximum Gasteiger partial charge on any atom is 0.1000 e. The van der Waals surface area contributed by atoms with Crippen molar-refractivity contribution in [2.24, 2.45) is 5.92 Å². The summed E-state index contributed by atoms with van der Waals surface area (Å²) in [6.07, 6.45) is 4.04. The molecule has 2 N–H and O–H groups in total. The number of nitrogens with one attached hydrogen (secondary N) is 1. The highest BCUT2D eigenvalue weighted by molar-refractivity contribution is 7.08. The van der Waals surface area contributed by atoms with Gasteiger partial charge in [-0.3, -0.25) is 0 Å². The first-order valence-corrected chi connectivity index (χ1v) is 7.00. The minimum Gasteiger partial charge on any atom is -0.384 e. The maximum atomic E-state index is 10.3. The summed E-state index contributed by atoms with van der Waals surface area (Å²) in [7, 11) is 0. The van der Waals surface area contributed by atoms with Gasteiger partial charge in [0.05, 0.1) is 5.60 Å². The van der Waals surface area contributed by atoms with Crippen LogP contribution in [0.25, 0.3) is 0 Å². The molecule has 0 spiro atoms. The second-order valence-electron chi connectivity index (χ2n) is 5.25. The highest BCUT2D eigenvalue weighted by Crippen LogP contribution is 2.33. The fraction of sp³-hybridized carbons (Fsp3) is 0.692. The average Bonchev–Trinajstić information content (AvgIpc) is 2.86. The van der Waals surface area contributed by atoms with Crippen molar-refractivity contribution in [1.29, 1.82) is 0 Å². The molecule has 1 aliphatic rings. The largest absolute Gasteiger partial charge is 0.384 e. The lowest BCUT2D eigenvalue weighted by molar-refractivity contribution is 0.0543. The summed E-state index contributed by atoms with van der Waals surface area (Å²) in [5.74, 6) is 0.939. The van der Waals surface area contributed by atoms with Crippen molar-refractivity contribution in [1.82, 2.24) is 5.32 Å². The molecule has 2 atom stereocenters. The molecular weight excluding hydrogens is 218 g/mol. The molecule has 16 heavy (non-hydrogen) atoms. The summed E-state index contributed by atoms with van der Waals surface area (Å²) >= 11 is 1.63. The maximum absolute atomic E-state index is 10.3. The van der Waals surface area contributed by atoms with Crippen LogP contribution in [0.5, 0.6) is 0 Å². The van der Waals surface area contributed by atoms with Crippen LogP contribution in [0.3, 0.4) is 0 Å². The Morgan fingerprint density at radius 3 is 2.94 bits per heavy atom. The minimum absolute atomic E-state index is 0.512. The third kappa shape index (κ3) is 3.30. The SMILES string of the molecule is CC(CC1CC1)NCC(C)(O)c1ccsc1. The second kappa shape index (κ2) is 4.86. The van der Waals surface area contributed by atoms with Gasteiger partial charge in [0.2, 0.25) is 0 Å². The highest BCUT2D eigenvalue weighted by atomic mass is 32.1. The highest BCUT2D eigenvalue weighted by Gasteiger charge is 2.26. The standard InChI is InChI=1S/C13H21NOS/c1-10(7-11-3-4-11)14-9-13(2,15)12-5-6-16-8-12/h5-6,8,10-11,14-15H,3-4,7,9H2,1-2H3. The van der Waals surface area contributed by atoms with Gasteiger partial charge in [-0.15, -0.1) is 0 Å². The fourth-order valence-corrected chi connectivity index (χ4v) is 2.77. The Morgan fingerprint density at radius 1 is 1.62 bits per heavy atom. The topological polar surface area (TPSA) is 32.3 Å². The summed E-state index contributed by atoms with van der Waals surface area (Å²) in [6.45, 7) is 4.73. The van der Waals surface area contributed by atoms with Crippen LogP contribution in [-0.4, -0.2) is 17.7 Å². The van der Waals surface area contributed by atoms with E-state index in [0.29, 0.717) is 12.6 Å². The van der Waals surface area contributed by atoms with Gasteiger partial charge in [0, 0.05) is 12.6 Å². The molecule has 0 bridgehead atoms. The van der Waals surface area contributed by atoms with Gasteiger partial charge in [0.25, 0.3) is 0 Å². The van der Waals surface area contributed by atoms with Crippen LogP contribution in [0.2, 0.25) is 0 Å². The zero-order chi connectivity index (χ0) is 11.6. The molecule has 1 aromatic heterocycles. The molecule has 3 heteroatoms. The van der Waals surface area contributed by atoms with Crippen molar-refractivity contribution < 1.29 is 5.11 Å². The molecule has 0 radical (unpaired) electrons. The van der Waals surface area contributed by atoms with Gasteiger partial charge in [-0.1, -0.05) is 12.8 Å². The van der Waals surface area contributed by atoms with E-state index in [1.807, 2.05) is 23.8 Å². The first kappa shape index (κ1) is 12.1. The van der Waals surface area contributed by atoms with E-state index in [1.165, 1.54) is 19.3 Å². The predicted octanol–water partition coefficient (Wildman–Crippen LogP) is 2.73. The second-order valence-corrected chi connectivity index (χ2v) is 6.03. The molecule has 2 rings (SSSR count). The number of hydrogen-bond acceptors (Lipinski definition) is 3. The average molecular weight is 239 g/mol. The first-order valence-electron chi connectivity index (χ1n) is 6.06. The Kier molecular flexibility index (Phi) is 3.67. The van der Waals surface area contributed by atoms with Crippen LogP contribution in [0, 0.1) is 5.92 Å².